The first kappa shape index (κ1) is 21.0. The summed E-state index contributed by atoms with van der Waals surface area (Å²) in [5, 5.41) is 0. The summed E-state index contributed by atoms with van der Waals surface area (Å²) in [7, 11) is 2.26. The van der Waals surface area contributed by atoms with Gasteiger partial charge in [0, 0.05) is 47.0 Å². The Kier molecular flexibility index (Phi) is 10.0. The van der Waals surface area contributed by atoms with E-state index in [4.69, 9.17) is 24.7 Å². The van der Waals surface area contributed by atoms with E-state index in [0.717, 1.165) is 19.5 Å². The van der Waals surface area contributed by atoms with Crippen LogP contribution in [0.3, 0.4) is 0 Å². The topological polar surface area (TPSA) is 83.0 Å². The monoisotopic (exact) mass is 353 g/mol. The molecule has 1 rings (SSSR count). The Labute approximate surface area is 146 Å². The molecule has 0 amide bonds. The van der Waals surface area contributed by atoms with Gasteiger partial charge in [-0.2, -0.15) is 0 Å². The standard InChI is InChI=1S/C17H31N3O3Si/c1-21-24(22-2,23-3)15-11-17(19)20(14-12-18)13-7-10-16-8-5-4-6-9-16/h4-10,17H,11-15,18-19H2,1-3H3. The van der Waals surface area contributed by atoms with E-state index < -0.39 is 8.80 Å². The van der Waals surface area contributed by atoms with Crippen LogP contribution in [0.15, 0.2) is 36.4 Å². The van der Waals surface area contributed by atoms with Crippen molar-refractivity contribution >= 4 is 14.9 Å². The molecule has 7 heteroatoms. The lowest BCUT2D eigenvalue weighted by Crippen LogP contribution is -2.48. The van der Waals surface area contributed by atoms with E-state index in [1.54, 1.807) is 21.3 Å². The molecule has 0 heterocycles. The van der Waals surface area contributed by atoms with Gasteiger partial charge >= 0.3 is 8.80 Å². The Morgan fingerprint density at radius 3 is 2.29 bits per heavy atom. The van der Waals surface area contributed by atoms with E-state index in [-0.39, 0.29) is 6.17 Å². The van der Waals surface area contributed by atoms with Crippen LogP contribution in [0.1, 0.15) is 12.0 Å². The van der Waals surface area contributed by atoms with Gasteiger partial charge in [0.15, 0.2) is 0 Å². The summed E-state index contributed by atoms with van der Waals surface area (Å²) < 4.78 is 16.3. The van der Waals surface area contributed by atoms with Gasteiger partial charge in [0.25, 0.3) is 0 Å². The first-order valence-corrected chi connectivity index (χ1v) is 10.1. The van der Waals surface area contributed by atoms with Crippen LogP contribution in [-0.2, 0) is 13.3 Å². The van der Waals surface area contributed by atoms with E-state index >= 15 is 0 Å². The molecule has 1 unspecified atom stereocenters. The van der Waals surface area contributed by atoms with Gasteiger partial charge in [-0.1, -0.05) is 42.5 Å². The van der Waals surface area contributed by atoms with Crippen molar-refractivity contribution in [3.63, 3.8) is 0 Å². The fraction of sp³-hybridized carbons (Fsp3) is 0.529. The van der Waals surface area contributed by atoms with Crippen LogP contribution >= 0.6 is 0 Å². The molecule has 24 heavy (non-hydrogen) atoms. The highest BCUT2D eigenvalue weighted by molar-refractivity contribution is 6.60. The molecule has 0 saturated carbocycles. The number of rotatable bonds is 12. The summed E-state index contributed by atoms with van der Waals surface area (Å²) in [4.78, 5) is 2.15. The summed E-state index contributed by atoms with van der Waals surface area (Å²) in [6.07, 6.45) is 4.80. The maximum atomic E-state index is 6.35. The summed E-state index contributed by atoms with van der Waals surface area (Å²) in [6, 6.07) is 10.9. The van der Waals surface area contributed by atoms with Crippen LogP contribution in [-0.4, -0.2) is 60.8 Å². The molecule has 1 aromatic carbocycles. The van der Waals surface area contributed by atoms with Crippen molar-refractivity contribution in [2.24, 2.45) is 11.5 Å². The molecule has 4 N–H and O–H groups in total. The second-order valence-corrected chi connectivity index (χ2v) is 8.59. The highest BCUT2D eigenvalue weighted by Gasteiger charge is 2.38. The van der Waals surface area contributed by atoms with Crippen molar-refractivity contribution < 1.29 is 13.3 Å². The van der Waals surface area contributed by atoms with Gasteiger partial charge in [-0.05, 0) is 12.0 Å². The summed E-state index contributed by atoms with van der Waals surface area (Å²) >= 11 is 0. The fourth-order valence-corrected chi connectivity index (χ4v) is 4.27. The van der Waals surface area contributed by atoms with Crippen LogP contribution < -0.4 is 11.5 Å². The molecule has 0 bridgehead atoms. The van der Waals surface area contributed by atoms with Crippen molar-refractivity contribution in [2.45, 2.75) is 18.6 Å². The van der Waals surface area contributed by atoms with E-state index in [1.807, 2.05) is 18.2 Å². The fourth-order valence-electron chi connectivity index (χ4n) is 2.51. The minimum atomic E-state index is -2.59. The van der Waals surface area contributed by atoms with Gasteiger partial charge in [0.05, 0.1) is 6.17 Å². The number of hydrogen-bond acceptors (Lipinski definition) is 6. The molecule has 1 aromatic rings. The summed E-state index contributed by atoms with van der Waals surface area (Å²) in [5.41, 5.74) is 13.2. The van der Waals surface area contributed by atoms with E-state index in [2.05, 4.69) is 29.2 Å². The minimum Gasteiger partial charge on any atom is -0.377 e. The van der Waals surface area contributed by atoms with Crippen molar-refractivity contribution in [3.8, 4) is 0 Å². The molecule has 0 radical (unpaired) electrons. The summed E-state index contributed by atoms with van der Waals surface area (Å²) in [6.45, 7) is 2.05. The zero-order valence-corrected chi connectivity index (χ0v) is 16.0. The molecule has 0 aliphatic heterocycles. The third kappa shape index (κ3) is 6.82. The molecule has 0 saturated heterocycles. The Morgan fingerprint density at radius 2 is 1.75 bits per heavy atom. The number of benzene rings is 1. The molecule has 0 aromatic heterocycles. The molecule has 0 spiro atoms. The Hall–Kier alpha value is -1.06. The van der Waals surface area contributed by atoms with Crippen LogP contribution in [0.25, 0.3) is 6.08 Å². The van der Waals surface area contributed by atoms with Crippen LogP contribution in [0.4, 0.5) is 0 Å². The Morgan fingerprint density at radius 1 is 1.12 bits per heavy atom. The van der Waals surface area contributed by atoms with Crippen LogP contribution in [0, 0.1) is 0 Å². The molecular formula is C17H31N3O3Si. The number of hydrogen-bond donors (Lipinski definition) is 2. The number of nitrogens with zero attached hydrogens (tertiary/aromatic N) is 1. The maximum absolute atomic E-state index is 6.35. The van der Waals surface area contributed by atoms with Gasteiger partial charge in [-0.25, -0.2) is 0 Å². The SMILES string of the molecule is CO[Si](CCC(N)N(CC=Cc1ccccc1)CCN)(OC)OC. The van der Waals surface area contributed by atoms with Gasteiger partial charge in [-0.15, -0.1) is 0 Å². The minimum absolute atomic E-state index is 0.124. The lowest BCUT2D eigenvalue weighted by molar-refractivity contribution is 0.117. The lowest BCUT2D eigenvalue weighted by atomic mass is 10.2. The third-order valence-corrected chi connectivity index (χ3v) is 6.78. The lowest BCUT2D eigenvalue weighted by Gasteiger charge is -2.30. The van der Waals surface area contributed by atoms with E-state index in [0.29, 0.717) is 12.6 Å². The average molecular weight is 354 g/mol. The molecule has 0 fully saturated rings. The highest BCUT2D eigenvalue weighted by Crippen LogP contribution is 2.17. The molecule has 6 nitrogen and oxygen atoms in total. The van der Waals surface area contributed by atoms with Gasteiger partial charge < -0.3 is 24.7 Å². The zero-order valence-electron chi connectivity index (χ0n) is 15.0. The zero-order chi connectivity index (χ0) is 17.8. The summed E-state index contributed by atoms with van der Waals surface area (Å²) in [5.74, 6) is 0. The quantitative estimate of drug-likeness (QED) is 0.438. The molecule has 0 aliphatic rings. The molecule has 1 atom stereocenters. The largest absolute Gasteiger partial charge is 0.500 e. The third-order valence-electron chi connectivity index (χ3n) is 4.01. The van der Waals surface area contributed by atoms with Gasteiger partial charge in [0.1, 0.15) is 0 Å². The van der Waals surface area contributed by atoms with Crippen molar-refractivity contribution in [3.05, 3.63) is 42.0 Å². The molecular weight excluding hydrogens is 322 g/mol. The normalized spacial score (nSPS) is 13.8. The first-order valence-electron chi connectivity index (χ1n) is 8.17. The van der Waals surface area contributed by atoms with Crippen LogP contribution in [0.5, 0.6) is 0 Å². The van der Waals surface area contributed by atoms with Crippen molar-refractivity contribution in [2.75, 3.05) is 41.0 Å². The Balaban J connectivity index is 2.58. The maximum Gasteiger partial charge on any atom is 0.500 e. The van der Waals surface area contributed by atoms with Crippen molar-refractivity contribution in [1.82, 2.24) is 4.90 Å². The van der Waals surface area contributed by atoms with Crippen molar-refractivity contribution in [1.29, 1.82) is 0 Å². The predicted molar refractivity (Wildman–Crippen MR) is 100 cm³/mol. The second-order valence-electron chi connectivity index (χ2n) is 5.50. The molecule has 136 valence electrons. The van der Waals surface area contributed by atoms with Crippen LogP contribution in [0.2, 0.25) is 6.04 Å². The number of nitrogens with two attached hydrogens (primary N) is 2. The molecule has 0 aliphatic carbocycles. The smallest absolute Gasteiger partial charge is 0.377 e. The second kappa shape index (κ2) is 11.5. The van der Waals surface area contributed by atoms with E-state index in [1.165, 1.54) is 5.56 Å². The average Bonchev–Trinajstić information content (AvgIpc) is 2.63. The van der Waals surface area contributed by atoms with Gasteiger partial charge in [0.2, 0.25) is 0 Å². The highest BCUT2D eigenvalue weighted by atomic mass is 28.4. The first-order chi connectivity index (χ1) is 11.6. The Bertz CT molecular complexity index is 461. The predicted octanol–water partition coefficient (Wildman–Crippen LogP) is 1.51. The van der Waals surface area contributed by atoms with Gasteiger partial charge in [-0.3, -0.25) is 4.90 Å². The van der Waals surface area contributed by atoms with E-state index in [9.17, 15) is 0 Å².